The number of hydrogen-bond acceptors (Lipinski definition) is 9. The Morgan fingerprint density at radius 2 is 1.75 bits per heavy atom. The molecule has 0 aliphatic carbocycles. The molecule has 0 unspecified atom stereocenters. The quantitative estimate of drug-likeness (QED) is 0.331. The van der Waals surface area contributed by atoms with Crippen LogP contribution < -0.4 is 11.5 Å². The van der Waals surface area contributed by atoms with Crippen LogP contribution in [0.15, 0.2) is 81.0 Å². The molecule has 184 valence electrons. The summed E-state index contributed by atoms with van der Waals surface area (Å²) in [5, 5.41) is 1.44. The number of aromatic nitrogens is 1. The average molecular weight is 539 g/mol. The lowest BCUT2D eigenvalue weighted by atomic mass is 10.0. The zero-order valence-electron chi connectivity index (χ0n) is 18.9. The predicted octanol–water partition coefficient (Wildman–Crippen LogP) is 3.05. The molecular weight excluding hydrogens is 517 g/mol. The van der Waals surface area contributed by atoms with Crippen molar-refractivity contribution in [2.24, 2.45) is 11.5 Å². The number of ether oxygens (including phenoxy) is 1. The summed E-state index contributed by atoms with van der Waals surface area (Å²) < 4.78 is 6.74. The van der Waals surface area contributed by atoms with Crippen molar-refractivity contribution in [2.75, 3.05) is 5.75 Å². The Kier molecular flexibility index (Phi) is 7.15. The highest BCUT2D eigenvalue weighted by molar-refractivity contribution is 8.07. The summed E-state index contributed by atoms with van der Waals surface area (Å²) in [6.07, 6.45) is -0.615. The van der Waals surface area contributed by atoms with Crippen LogP contribution in [0.5, 0.6) is 0 Å². The second-order valence-corrected chi connectivity index (χ2v) is 11.5. The minimum atomic E-state index is -0.662. The fourth-order valence-electron chi connectivity index (χ4n) is 4.00. The summed E-state index contributed by atoms with van der Waals surface area (Å²) in [6.45, 7) is 0. The van der Waals surface area contributed by atoms with Crippen LogP contribution in [0.4, 0.5) is 0 Å². The van der Waals surface area contributed by atoms with Crippen molar-refractivity contribution in [1.82, 2.24) is 9.88 Å². The summed E-state index contributed by atoms with van der Waals surface area (Å²) in [7, 11) is 0. The number of carbonyl (C=O) groups is 3. The fraction of sp³-hybridized carbons (Fsp3) is 0.200. The second-order valence-electron chi connectivity index (χ2n) is 8.16. The first-order valence-corrected chi connectivity index (χ1v) is 13.8. The van der Waals surface area contributed by atoms with Crippen LogP contribution in [0.25, 0.3) is 0 Å². The van der Waals surface area contributed by atoms with Crippen LogP contribution in [0.1, 0.15) is 22.9 Å². The third-order valence-electron chi connectivity index (χ3n) is 5.69. The van der Waals surface area contributed by atoms with E-state index in [1.807, 2.05) is 60.7 Å². The van der Waals surface area contributed by atoms with Crippen molar-refractivity contribution in [3.05, 3.63) is 93.5 Å². The molecule has 4 N–H and O–H groups in total. The topological polar surface area (TPSA) is 129 Å². The third kappa shape index (κ3) is 4.92. The van der Waals surface area contributed by atoms with Crippen LogP contribution in [-0.2, 0) is 25.5 Å². The highest BCUT2D eigenvalue weighted by Crippen LogP contribution is 2.46. The Bertz CT molecular complexity index is 1290. The molecule has 36 heavy (non-hydrogen) atoms. The van der Waals surface area contributed by atoms with Crippen LogP contribution in [-0.4, -0.2) is 44.8 Å². The molecular formula is C25H22N4O4S3. The van der Waals surface area contributed by atoms with Gasteiger partial charge in [0.25, 0.3) is 0 Å². The molecule has 5 rings (SSSR count). The van der Waals surface area contributed by atoms with Crippen molar-refractivity contribution < 1.29 is 19.1 Å². The minimum absolute atomic E-state index is 0.0388. The Hall–Kier alpha value is -3.12. The SMILES string of the molecule is NC(=O)Cc1csc(SC2=C(C(=O)OC(c3ccccc3)c3ccccc3)N3C(=O)[C@@H](N)[C@H]3SC2)n1. The fourth-order valence-corrected chi connectivity index (χ4v) is 7.42. The van der Waals surface area contributed by atoms with Crippen molar-refractivity contribution in [2.45, 2.75) is 28.3 Å². The number of carbonyl (C=O) groups excluding carboxylic acids is 3. The number of hydrogen-bond donors (Lipinski definition) is 2. The van der Waals surface area contributed by atoms with Crippen LogP contribution >= 0.6 is 34.9 Å². The van der Waals surface area contributed by atoms with Gasteiger partial charge in [0.1, 0.15) is 17.1 Å². The Morgan fingerprint density at radius 3 is 2.36 bits per heavy atom. The van der Waals surface area contributed by atoms with E-state index in [9.17, 15) is 14.4 Å². The summed E-state index contributed by atoms with van der Waals surface area (Å²) >= 11 is 4.14. The molecule has 1 saturated heterocycles. The lowest BCUT2D eigenvalue weighted by Crippen LogP contribution is -2.68. The number of rotatable bonds is 8. The minimum Gasteiger partial charge on any atom is -0.448 e. The van der Waals surface area contributed by atoms with Gasteiger partial charge in [-0.2, -0.15) is 0 Å². The van der Waals surface area contributed by atoms with Crippen LogP contribution in [0, 0.1) is 0 Å². The lowest BCUT2D eigenvalue weighted by Gasteiger charge is -2.48. The van der Waals surface area contributed by atoms with Gasteiger partial charge in [0.2, 0.25) is 11.8 Å². The molecule has 0 bridgehead atoms. The molecule has 2 aliphatic heterocycles. The smallest absolute Gasteiger partial charge is 0.356 e. The Labute approximate surface area is 220 Å². The molecule has 0 radical (unpaired) electrons. The first kappa shape index (κ1) is 24.6. The number of thiazole rings is 1. The predicted molar refractivity (Wildman–Crippen MR) is 140 cm³/mol. The van der Waals surface area contributed by atoms with Crippen molar-refractivity contribution in [3.8, 4) is 0 Å². The number of nitrogens with zero attached hydrogens (tertiary/aromatic N) is 2. The number of thioether (sulfide) groups is 2. The number of esters is 1. The maximum atomic E-state index is 13.7. The van der Waals surface area contributed by atoms with E-state index in [0.717, 1.165) is 11.1 Å². The van der Waals surface area contributed by atoms with E-state index in [2.05, 4.69) is 4.98 Å². The van der Waals surface area contributed by atoms with E-state index in [1.54, 1.807) is 5.38 Å². The highest BCUT2D eigenvalue weighted by Gasteiger charge is 2.52. The van der Waals surface area contributed by atoms with Gasteiger partial charge >= 0.3 is 5.97 Å². The molecule has 2 aliphatic rings. The molecule has 2 atom stereocenters. The Balaban J connectivity index is 1.48. The van der Waals surface area contributed by atoms with Gasteiger partial charge in [0.05, 0.1) is 12.1 Å². The monoisotopic (exact) mass is 538 g/mol. The second kappa shape index (κ2) is 10.5. The van der Waals surface area contributed by atoms with Gasteiger partial charge in [0, 0.05) is 16.0 Å². The third-order valence-corrected chi connectivity index (χ3v) is 9.25. The van der Waals surface area contributed by atoms with E-state index in [0.29, 0.717) is 20.7 Å². The number of amides is 2. The molecule has 3 heterocycles. The molecule has 0 saturated carbocycles. The molecule has 3 aromatic rings. The number of β-lactam (4-membered cyclic amide) rings is 1. The first-order chi connectivity index (χ1) is 17.4. The maximum absolute atomic E-state index is 13.7. The van der Waals surface area contributed by atoms with Gasteiger partial charge < -0.3 is 16.2 Å². The van der Waals surface area contributed by atoms with Gasteiger partial charge in [-0.25, -0.2) is 9.78 Å². The zero-order valence-corrected chi connectivity index (χ0v) is 21.4. The van der Waals surface area contributed by atoms with Crippen LogP contribution in [0.3, 0.4) is 0 Å². The molecule has 0 spiro atoms. The molecule has 2 aromatic carbocycles. The van der Waals surface area contributed by atoms with E-state index in [1.165, 1.54) is 39.8 Å². The van der Waals surface area contributed by atoms with E-state index in [-0.39, 0.29) is 23.4 Å². The van der Waals surface area contributed by atoms with Gasteiger partial charge in [-0.05, 0) is 11.1 Å². The summed E-state index contributed by atoms with van der Waals surface area (Å²) in [5.74, 6) is -0.913. The van der Waals surface area contributed by atoms with E-state index >= 15 is 0 Å². The molecule has 11 heteroatoms. The normalized spacial score (nSPS) is 19.2. The molecule has 1 fully saturated rings. The highest BCUT2D eigenvalue weighted by atomic mass is 32.2. The van der Waals surface area contributed by atoms with Crippen molar-refractivity contribution >= 4 is 52.6 Å². The van der Waals surface area contributed by atoms with Gasteiger partial charge in [0.15, 0.2) is 10.4 Å². The number of nitrogens with two attached hydrogens (primary N) is 2. The Morgan fingerprint density at radius 1 is 1.11 bits per heavy atom. The zero-order chi connectivity index (χ0) is 25.2. The maximum Gasteiger partial charge on any atom is 0.356 e. The molecule has 8 nitrogen and oxygen atoms in total. The number of benzene rings is 2. The molecule has 1 aromatic heterocycles. The number of primary amides is 1. The standard InChI is InChI=1S/C25H22N4O4S3/c26-18(30)11-16-12-35-25(28-16)36-17-13-34-23-19(27)22(31)29(23)20(17)24(32)33-21(14-7-3-1-4-8-14)15-9-5-2-6-10-15/h1-10,12,19,21,23H,11,13,27H2,(H2,26,30)/t19-,23-/m1/s1. The summed E-state index contributed by atoms with van der Waals surface area (Å²) in [6, 6.07) is 18.3. The van der Waals surface area contributed by atoms with Gasteiger partial charge in [-0.3, -0.25) is 14.5 Å². The average Bonchev–Trinajstić information content (AvgIpc) is 3.33. The van der Waals surface area contributed by atoms with E-state index < -0.39 is 24.0 Å². The van der Waals surface area contributed by atoms with Crippen LogP contribution in [0.2, 0.25) is 0 Å². The summed E-state index contributed by atoms with van der Waals surface area (Å²) in [5.41, 5.74) is 13.7. The largest absolute Gasteiger partial charge is 0.448 e. The number of fused-ring (bicyclic) bond motifs is 1. The lowest BCUT2D eigenvalue weighted by molar-refractivity contribution is -0.152. The van der Waals surface area contributed by atoms with Gasteiger partial charge in [-0.1, -0.05) is 72.4 Å². The van der Waals surface area contributed by atoms with Crippen molar-refractivity contribution in [3.63, 3.8) is 0 Å². The van der Waals surface area contributed by atoms with E-state index in [4.69, 9.17) is 16.2 Å². The molecule has 2 amide bonds. The van der Waals surface area contributed by atoms with Crippen molar-refractivity contribution in [1.29, 1.82) is 0 Å². The first-order valence-electron chi connectivity index (χ1n) is 11.1. The summed E-state index contributed by atoms with van der Waals surface area (Å²) in [4.78, 5) is 44.3. The van der Waals surface area contributed by atoms with Gasteiger partial charge in [-0.15, -0.1) is 23.1 Å².